The van der Waals surface area contributed by atoms with E-state index in [1.807, 2.05) is 0 Å². The van der Waals surface area contributed by atoms with Crippen LogP contribution >= 0.6 is 23.2 Å². The van der Waals surface area contributed by atoms with Crippen molar-refractivity contribution in [3.05, 3.63) is 48.1 Å². The molecule has 0 radical (unpaired) electrons. The lowest BCUT2D eigenvalue weighted by molar-refractivity contribution is -0.144. The Morgan fingerprint density at radius 3 is 2.45 bits per heavy atom. The number of ether oxygens (including phenoxy) is 2. The van der Waals surface area contributed by atoms with Crippen molar-refractivity contribution in [2.45, 2.75) is 11.3 Å². The van der Waals surface area contributed by atoms with Gasteiger partial charge in [0.05, 0.1) is 5.57 Å². The van der Waals surface area contributed by atoms with Gasteiger partial charge in [-0.3, -0.25) is 0 Å². The Hall–Kier alpha value is -1.52. The molecule has 20 heavy (non-hydrogen) atoms. The van der Waals surface area contributed by atoms with Crippen molar-refractivity contribution in [1.29, 1.82) is 0 Å². The molecule has 0 spiro atoms. The summed E-state index contributed by atoms with van der Waals surface area (Å²) >= 11 is 12.2. The minimum Gasteiger partial charge on any atom is -0.460 e. The van der Waals surface area contributed by atoms with E-state index in [9.17, 15) is 9.59 Å². The Morgan fingerprint density at radius 2 is 1.90 bits per heavy atom. The Kier molecular flexibility index (Phi) is 6.05. The first-order chi connectivity index (χ1) is 9.44. The van der Waals surface area contributed by atoms with Gasteiger partial charge in [0.15, 0.2) is 4.87 Å². The zero-order valence-electron chi connectivity index (χ0n) is 10.7. The number of hydrogen-bond acceptors (Lipinski definition) is 4. The van der Waals surface area contributed by atoms with Crippen LogP contribution in [-0.4, -0.2) is 30.0 Å². The van der Waals surface area contributed by atoms with E-state index in [0.717, 1.165) is 0 Å². The highest BCUT2D eigenvalue weighted by Crippen LogP contribution is 2.36. The van der Waals surface area contributed by atoms with Gasteiger partial charge in [0.1, 0.15) is 13.2 Å². The van der Waals surface area contributed by atoms with Crippen molar-refractivity contribution in [2.24, 2.45) is 0 Å². The number of hydrogen-bond donors (Lipinski definition) is 0. The van der Waals surface area contributed by atoms with Crippen LogP contribution in [-0.2, 0) is 19.1 Å². The molecular weight excluding hydrogens is 303 g/mol. The molecule has 0 aromatic rings. The van der Waals surface area contributed by atoms with Crippen LogP contribution in [0.2, 0.25) is 0 Å². The van der Waals surface area contributed by atoms with E-state index < -0.39 is 16.8 Å². The number of rotatable bonds is 6. The number of carbonyl (C=O) groups is 2. The predicted octanol–water partition coefficient (Wildman–Crippen LogP) is 2.88. The van der Waals surface area contributed by atoms with Crippen molar-refractivity contribution >= 4 is 35.1 Å². The summed E-state index contributed by atoms with van der Waals surface area (Å²) in [6, 6.07) is 0. The lowest BCUT2D eigenvalue weighted by Crippen LogP contribution is -2.34. The van der Waals surface area contributed by atoms with Crippen LogP contribution in [0.3, 0.4) is 0 Å². The second kappa shape index (κ2) is 7.31. The van der Waals surface area contributed by atoms with Crippen LogP contribution in [0.5, 0.6) is 0 Å². The molecule has 6 heteroatoms. The molecule has 0 heterocycles. The first-order valence-electron chi connectivity index (χ1n) is 5.77. The van der Waals surface area contributed by atoms with Crippen LogP contribution in [0.15, 0.2) is 48.1 Å². The molecule has 0 saturated heterocycles. The number of esters is 2. The average Bonchev–Trinajstić information content (AvgIpc) is 2.42. The van der Waals surface area contributed by atoms with Gasteiger partial charge in [-0.15, -0.1) is 11.6 Å². The van der Waals surface area contributed by atoms with E-state index in [4.69, 9.17) is 32.7 Å². The molecule has 0 aromatic heterocycles. The molecule has 4 nitrogen and oxygen atoms in total. The zero-order chi connectivity index (χ0) is 15.2. The summed E-state index contributed by atoms with van der Waals surface area (Å²) in [4.78, 5) is 22.1. The first-order valence-corrected chi connectivity index (χ1v) is 6.53. The number of allylic oxidation sites excluding steroid dienone is 1. The summed E-state index contributed by atoms with van der Waals surface area (Å²) in [5, 5.41) is 0.145. The molecule has 1 atom stereocenters. The van der Waals surface area contributed by atoms with Crippen molar-refractivity contribution < 1.29 is 19.1 Å². The number of alkyl halides is 1. The van der Waals surface area contributed by atoms with Crippen LogP contribution < -0.4 is 0 Å². The number of carbonyl (C=O) groups excluding carboxylic acids is 2. The lowest BCUT2D eigenvalue weighted by Gasteiger charge is -2.24. The van der Waals surface area contributed by atoms with Crippen LogP contribution in [0.1, 0.15) is 6.42 Å². The molecule has 0 bridgehead atoms. The highest BCUT2D eigenvalue weighted by molar-refractivity contribution is 6.39. The standard InChI is InChI=1S/C14H14Cl2O4/c1-3-7-19-12(17)10-5-6-14(16,9-11(10)15)13(18)20-8-4-2/h3-6H,1-2,7-9H2. The highest BCUT2D eigenvalue weighted by atomic mass is 35.5. The van der Waals surface area contributed by atoms with Crippen molar-refractivity contribution in [2.75, 3.05) is 13.2 Å². The van der Waals surface area contributed by atoms with Gasteiger partial charge in [-0.2, -0.15) is 0 Å². The number of halogens is 2. The quantitative estimate of drug-likeness (QED) is 0.429. The Balaban J connectivity index is 2.80. The largest absolute Gasteiger partial charge is 0.460 e. The Labute approximate surface area is 127 Å². The van der Waals surface area contributed by atoms with Gasteiger partial charge < -0.3 is 9.47 Å². The maximum absolute atomic E-state index is 11.8. The van der Waals surface area contributed by atoms with Gasteiger partial charge in [0.25, 0.3) is 0 Å². The van der Waals surface area contributed by atoms with Gasteiger partial charge in [0, 0.05) is 11.5 Å². The monoisotopic (exact) mass is 316 g/mol. The van der Waals surface area contributed by atoms with E-state index in [-0.39, 0.29) is 30.2 Å². The van der Waals surface area contributed by atoms with Gasteiger partial charge in [-0.05, 0) is 6.08 Å². The third-order valence-electron chi connectivity index (χ3n) is 2.44. The van der Waals surface area contributed by atoms with E-state index in [2.05, 4.69) is 13.2 Å². The second-order valence-corrected chi connectivity index (χ2v) is 5.10. The second-order valence-electron chi connectivity index (χ2n) is 3.97. The fourth-order valence-electron chi connectivity index (χ4n) is 1.47. The van der Waals surface area contributed by atoms with Crippen LogP contribution in [0, 0.1) is 0 Å². The molecule has 1 aliphatic carbocycles. The average molecular weight is 317 g/mol. The molecule has 0 saturated carbocycles. The van der Waals surface area contributed by atoms with Crippen LogP contribution in [0.4, 0.5) is 0 Å². The summed E-state index contributed by atoms with van der Waals surface area (Å²) in [5.74, 6) is -1.24. The van der Waals surface area contributed by atoms with Gasteiger partial charge in [-0.1, -0.05) is 43.0 Å². The fourth-order valence-corrected chi connectivity index (χ4v) is 2.14. The summed E-state index contributed by atoms with van der Waals surface area (Å²) in [7, 11) is 0. The molecule has 1 unspecified atom stereocenters. The lowest BCUT2D eigenvalue weighted by atomic mass is 9.95. The van der Waals surface area contributed by atoms with Crippen molar-refractivity contribution in [3.8, 4) is 0 Å². The minimum absolute atomic E-state index is 0.0406. The first kappa shape index (κ1) is 16.5. The SMILES string of the molecule is C=CCOC(=O)C1=C(Cl)CC(Cl)(C(=O)OCC=C)C=C1. The molecule has 0 fully saturated rings. The third-order valence-corrected chi connectivity index (χ3v) is 3.19. The van der Waals surface area contributed by atoms with E-state index in [1.54, 1.807) is 0 Å². The highest BCUT2D eigenvalue weighted by Gasteiger charge is 2.39. The molecule has 0 aliphatic heterocycles. The molecule has 0 aromatic carbocycles. The van der Waals surface area contributed by atoms with E-state index in [0.29, 0.717) is 0 Å². The summed E-state index contributed by atoms with van der Waals surface area (Å²) < 4.78 is 9.76. The van der Waals surface area contributed by atoms with Crippen molar-refractivity contribution in [3.63, 3.8) is 0 Å². The van der Waals surface area contributed by atoms with Gasteiger partial charge >= 0.3 is 11.9 Å². The molecule has 1 aliphatic rings. The Morgan fingerprint density at radius 1 is 1.30 bits per heavy atom. The zero-order valence-corrected chi connectivity index (χ0v) is 12.2. The van der Waals surface area contributed by atoms with E-state index >= 15 is 0 Å². The van der Waals surface area contributed by atoms with Crippen molar-refractivity contribution in [1.82, 2.24) is 0 Å². The molecular formula is C14H14Cl2O4. The Bertz CT molecular complexity index is 493. The normalized spacial score (nSPS) is 21.3. The maximum Gasteiger partial charge on any atom is 0.339 e. The third kappa shape index (κ3) is 3.99. The van der Waals surface area contributed by atoms with E-state index in [1.165, 1.54) is 24.3 Å². The molecule has 1 rings (SSSR count). The van der Waals surface area contributed by atoms with Gasteiger partial charge in [-0.25, -0.2) is 9.59 Å². The topological polar surface area (TPSA) is 52.6 Å². The smallest absolute Gasteiger partial charge is 0.339 e. The minimum atomic E-state index is -1.41. The summed E-state index contributed by atoms with van der Waals surface area (Å²) in [6.45, 7) is 7.00. The fraction of sp³-hybridized carbons (Fsp3) is 0.286. The van der Waals surface area contributed by atoms with Gasteiger partial charge in [0.2, 0.25) is 0 Å². The maximum atomic E-state index is 11.8. The summed E-state index contributed by atoms with van der Waals surface area (Å²) in [5.41, 5.74) is 0.168. The molecule has 0 amide bonds. The summed E-state index contributed by atoms with van der Waals surface area (Å²) in [6.07, 6.45) is 5.56. The molecule has 108 valence electrons. The predicted molar refractivity (Wildman–Crippen MR) is 77.5 cm³/mol. The van der Waals surface area contributed by atoms with Crippen LogP contribution in [0.25, 0.3) is 0 Å². The molecule has 0 N–H and O–H groups in total.